The fourth-order valence-corrected chi connectivity index (χ4v) is 5.03. The van der Waals surface area contributed by atoms with Crippen molar-refractivity contribution in [1.29, 1.82) is 0 Å². The molecule has 0 atom stereocenters. The van der Waals surface area contributed by atoms with Gasteiger partial charge in [-0.25, -0.2) is 4.98 Å². The number of rotatable bonds is 5. The number of thiazole rings is 1. The fraction of sp³-hybridized carbons (Fsp3) is 0.190. The van der Waals surface area contributed by atoms with Crippen LogP contribution in [0.1, 0.15) is 21.7 Å². The molecular formula is C21H18ClN3OS2. The Hall–Kier alpha value is -2.28. The van der Waals surface area contributed by atoms with E-state index in [0.29, 0.717) is 16.0 Å². The van der Waals surface area contributed by atoms with E-state index in [1.807, 2.05) is 30.3 Å². The Labute approximate surface area is 176 Å². The van der Waals surface area contributed by atoms with Crippen LogP contribution in [0, 0.1) is 13.8 Å². The predicted octanol–water partition coefficient (Wildman–Crippen LogP) is 5.80. The SMILES string of the molecule is Cc1cc2nc(N(Cc3ccccn3)C(=O)Cc3ccc(Cl)s3)sc2cc1C. The number of carbonyl (C=O) groups is 1. The monoisotopic (exact) mass is 427 g/mol. The molecule has 0 saturated carbocycles. The average molecular weight is 428 g/mol. The Balaban J connectivity index is 1.70. The lowest BCUT2D eigenvalue weighted by molar-refractivity contribution is -0.118. The van der Waals surface area contributed by atoms with Gasteiger partial charge in [-0.1, -0.05) is 29.0 Å². The first-order valence-electron chi connectivity index (χ1n) is 8.82. The van der Waals surface area contributed by atoms with E-state index in [1.54, 1.807) is 11.1 Å². The largest absolute Gasteiger partial charge is 0.282 e. The molecule has 0 bridgehead atoms. The summed E-state index contributed by atoms with van der Waals surface area (Å²) in [5.41, 5.74) is 4.16. The maximum absolute atomic E-state index is 13.2. The Bertz CT molecular complexity index is 1100. The van der Waals surface area contributed by atoms with E-state index in [4.69, 9.17) is 16.6 Å². The van der Waals surface area contributed by atoms with E-state index in [1.165, 1.54) is 33.8 Å². The van der Waals surface area contributed by atoms with Crippen molar-refractivity contribution in [3.8, 4) is 0 Å². The summed E-state index contributed by atoms with van der Waals surface area (Å²) in [6.07, 6.45) is 2.03. The molecule has 1 amide bonds. The smallest absolute Gasteiger partial charge is 0.234 e. The molecule has 4 rings (SSSR count). The van der Waals surface area contributed by atoms with Crippen LogP contribution >= 0.6 is 34.3 Å². The van der Waals surface area contributed by atoms with Crippen molar-refractivity contribution in [1.82, 2.24) is 9.97 Å². The lowest BCUT2D eigenvalue weighted by Crippen LogP contribution is -2.31. The molecule has 4 nitrogen and oxygen atoms in total. The van der Waals surface area contributed by atoms with Gasteiger partial charge in [0.2, 0.25) is 5.91 Å². The second-order valence-corrected chi connectivity index (χ2v) is 9.39. The van der Waals surface area contributed by atoms with Gasteiger partial charge in [-0.2, -0.15) is 0 Å². The Kier molecular flexibility index (Phi) is 5.44. The minimum Gasteiger partial charge on any atom is -0.282 e. The highest BCUT2D eigenvalue weighted by molar-refractivity contribution is 7.22. The number of hydrogen-bond acceptors (Lipinski definition) is 5. The van der Waals surface area contributed by atoms with E-state index in [9.17, 15) is 4.79 Å². The molecule has 28 heavy (non-hydrogen) atoms. The van der Waals surface area contributed by atoms with Gasteiger partial charge in [-0.15, -0.1) is 11.3 Å². The quantitative estimate of drug-likeness (QED) is 0.404. The van der Waals surface area contributed by atoms with Crippen LogP contribution in [0.5, 0.6) is 0 Å². The van der Waals surface area contributed by atoms with Crippen LogP contribution in [-0.2, 0) is 17.8 Å². The number of nitrogens with zero attached hydrogens (tertiary/aromatic N) is 3. The number of amides is 1. The number of anilines is 1. The van der Waals surface area contributed by atoms with Crippen LogP contribution in [0.15, 0.2) is 48.7 Å². The molecule has 0 aliphatic rings. The van der Waals surface area contributed by atoms with Gasteiger partial charge in [0.25, 0.3) is 0 Å². The minimum absolute atomic E-state index is 0.0170. The summed E-state index contributed by atoms with van der Waals surface area (Å²) in [5.74, 6) is -0.0170. The van der Waals surface area contributed by atoms with Crippen molar-refractivity contribution in [2.24, 2.45) is 0 Å². The topological polar surface area (TPSA) is 46.1 Å². The zero-order valence-electron chi connectivity index (χ0n) is 15.5. The standard InChI is InChI=1S/C21H18ClN3OS2/c1-13-9-17-18(10-14(13)2)28-21(24-17)25(12-15-5-3-4-8-23-15)20(26)11-16-6-7-19(22)27-16/h3-10H,11-12H2,1-2H3. The van der Waals surface area contributed by atoms with Crippen LogP contribution in [0.25, 0.3) is 10.2 Å². The van der Waals surface area contributed by atoms with Gasteiger partial charge in [0, 0.05) is 11.1 Å². The zero-order valence-corrected chi connectivity index (χ0v) is 17.9. The minimum atomic E-state index is -0.0170. The van der Waals surface area contributed by atoms with Crippen LogP contribution in [-0.4, -0.2) is 15.9 Å². The number of halogens is 1. The number of thiophene rings is 1. The van der Waals surface area contributed by atoms with Crippen molar-refractivity contribution in [2.45, 2.75) is 26.8 Å². The van der Waals surface area contributed by atoms with E-state index >= 15 is 0 Å². The van der Waals surface area contributed by atoms with Gasteiger partial charge in [-0.05, 0) is 61.4 Å². The van der Waals surface area contributed by atoms with Gasteiger partial charge in [0.15, 0.2) is 5.13 Å². The molecule has 0 radical (unpaired) electrons. The average Bonchev–Trinajstić information content (AvgIpc) is 3.26. The molecule has 7 heteroatoms. The first-order chi connectivity index (χ1) is 13.5. The van der Waals surface area contributed by atoms with Crippen molar-refractivity contribution < 1.29 is 4.79 Å². The molecule has 0 fully saturated rings. The first-order valence-corrected chi connectivity index (χ1v) is 10.8. The third-order valence-electron chi connectivity index (χ3n) is 4.53. The van der Waals surface area contributed by atoms with Gasteiger partial charge >= 0.3 is 0 Å². The van der Waals surface area contributed by atoms with Gasteiger partial charge < -0.3 is 0 Å². The van der Waals surface area contributed by atoms with E-state index < -0.39 is 0 Å². The Morgan fingerprint density at radius 3 is 2.64 bits per heavy atom. The molecule has 142 valence electrons. The Morgan fingerprint density at radius 1 is 1.11 bits per heavy atom. The van der Waals surface area contributed by atoms with Crippen LogP contribution in [0.3, 0.4) is 0 Å². The Morgan fingerprint density at radius 2 is 1.93 bits per heavy atom. The number of aryl methyl sites for hydroxylation is 2. The summed E-state index contributed by atoms with van der Waals surface area (Å²) in [4.78, 5) is 25.0. The molecule has 0 saturated heterocycles. The van der Waals surface area contributed by atoms with Crippen molar-refractivity contribution in [3.63, 3.8) is 0 Å². The van der Waals surface area contributed by atoms with Crippen LogP contribution in [0.2, 0.25) is 4.34 Å². The molecule has 3 heterocycles. The summed E-state index contributed by atoms with van der Waals surface area (Å²) in [7, 11) is 0. The third-order valence-corrected chi connectivity index (χ3v) is 6.80. The normalized spacial score (nSPS) is 11.1. The lowest BCUT2D eigenvalue weighted by Gasteiger charge is -2.19. The molecular weight excluding hydrogens is 410 g/mol. The molecule has 0 aliphatic carbocycles. The molecule has 0 N–H and O–H groups in total. The summed E-state index contributed by atoms with van der Waals surface area (Å²) < 4.78 is 1.76. The molecule has 3 aromatic heterocycles. The highest BCUT2D eigenvalue weighted by atomic mass is 35.5. The number of fused-ring (bicyclic) bond motifs is 1. The van der Waals surface area contributed by atoms with E-state index in [2.05, 4.69) is 31.0 Å². The summed E-state index contributed by atoms with van der Waals surface area (Å²) in [5, 5.41) is 0.693. The van der Waals surface area contributed by atoms with Crippen LogP contribution < -0.4 is 4.90 Å². The second-order valence-electron chi connectivity index (χ2n) is 6.58. The number of aromatic nitrogens is 2. The zero-order chi connectivity index (χ0) is 19.7. The van der Waals surface area contributed by atoms with Gasteiger partial charge in [0.1, 0.15) is 0 Å². The molecule has 0 aliphatic heterocycles. The van der Waals surface area contributed by atoms with Crippen molar-refractivity contribution in [3.05, 3.63) is 74.7 Å². The molecule has 1 aromatic carbocycles. The summed E-state index contributed by atoms with van der Waals surface area (Å²) in [6.45, 7) is 4.55. The third kappa shape index (κ3) is 4.09. The van der Waals surface area contributed by atoms with Gasteiger partial charge in [-0.3, -0.25) is 14.7 Å². The van der Waals surface area contributed by atoms with E-state index in [-0.39, 0.29) is 12.3 Å². The number of carbonyl (C=O) groups excluding carboxylic acids is 1. The maximum atomic E-state index is 13.2. The van der Waals surface area contributed by atoms with E-state index in [0.717, 1.165) is 20.8 Å². The van der Waals surface area contributed by atoms with Crippen molar-refractivity contribution >= 4 is 55.5 Å². The highest BCUT2D eigenvalue weighted by Crippen LogP contribution is 2.32. The van der Waals surface area contributed by atoms with Crippen molar-refractivity contribution in [2.75, 3.05) is 4.90 Å². The second kappa shape index (κ2) is 7.99. The lowest BCUT2D eigenvalue weighted by atomic mass is 10.1. The summed E-state index contributed by atoms with van der Waals surface area (Å²) >= 11 is 8.99. The first kappa shape index (κ1) is 19.1. The van der Waals surface area contributed by atoms with Gasteiger partial charge in [0.05, 0.1) is 33.2 Å². The van der Waals surface area contributed by atoms with Crippen LogP contribution in [0.4, 0.5) is 5.13 Å². The molecule has 0 unspecified atom stereocenters. The summed E-state index contributed by atoms with van der Waals surface area (Å²) in [6, 6.07) is 13.6. The highest BCUT2D eigenvalue weighted by Gasteiger charge is 2.22. The number of hydrogen-bond donors (Lipinski definition) is 0. The molecule has 4 aromatic rings. The number of benzene rings is 1. The maximum Gasteiger partial charge on any atom is 0.234 e. The number of pyridine rings is 1. The molecule has 0 spiro atoms. The fourth-order valence-electron chi connectivity index (χ4n) is 2.89. The predicted molar refractivity (Wildman–Crippen MR) is 118 cm³/mol.